The SMILES string of the molecule is CCCCN(CCCC)C(=O)Nc1cccc(CC)c1. The highest BCUT2D eigenvalue weighted by molar-refractivity contribution is 5.89. The molecule has 20 heavy (non-hydrogen) atoms. The molecule has 0 unspecified atom stereocenters. The number of urea groups is 1. The molecule has 0 fully saturated rings. The summed E-state index contributed by atoms with van der Waals surface area (Å²) in [6, 6.07) is 8.11. The van der Waals surface area contributed by atoms with Gasteiger partial charge in [0, 0.05) is 18.8 Å². The Bertz CT molecular complexity index is 396. The van der Waals surface area contributed by atoms with Crippen molar-refractivity contribution in [2.24, 2.45) is 0 Å². The highest BCUT2D eigenvalue weighted by atomic mass is 16.2. The quantitative estimate of drug-likeness (QED) is 0.734. The van der Waals surface area contributed by atoms with Crippen molar-refractivity contribution in [3.05, 3.63) is 29.8 Å². The van der Waals surface area contributed by atoms with Gasteiger partial charge >= 0.3 is 6.03 Å². The summed E-state index contributed by atoms with van der Waals surface area (Å²) >= 11 is 0. The first-order valence-corrected chi connectivity index (χ1v) is 7.86. The molecule has 0 aromatic heterocycles. The first-order chi connectivity index (χ1) is 9.71. The summed E-state index contributed by atoms with van der Waals surface area (Å²) in [4.78, 5) is 14.3. The van der Waals surface area contributed by atoms with Crippen LogP contribution < -0.4 is 5.32 Å². The van der Waals surface area contributed by atoms with Gasteiger partial charge in [-0.3, -0.25) is 0 Å². The van der Waals surface area contributed by atoms with E-state index < -0.39 is 0 Å². The molecular formula is C17H28N2O. The first kappa shape index (κ1) is 16.5. The van der Waals surface area contributed by atoms with Gasteiger partial charge in [-0.05, 0) is 37.0 Å². The number of anilines is 1. The second kappa shape index (κ2) is 9.40. The Morgan fingerprint density at radius 2 is 1.75 bits per heavy atom. The molecule has 0 bridgehead atoms. The summed E-state index contributed by atoms with van der Waals surface area (Å²) in [5.74, 6) is 0. The molecule has 0 saturated carbocycles. The monoisotopic (exact) mass is 276 g/mol. The van der Waals surface area contributed by atoms with Gasteiger partial charge in [-0.15, -0.1) is 0 Å². The van der Waals surface area contributed by atoms with E-state index in [1.165, 1.54) is 5.56 Å². The van der Waals surface area contributed by atoms with Crippen LogP contribution >= 0.6 is 0 Å². The summed E-state index contributed by atoms with van der Waals surface area (Å²) in [7, 11) is 0. The minimum atomic E-state index is 0.0279. The van der Waals surface area contributed by atoms with Gasteiger partial charge in [0.2, 0.25) is 0 Å². The van der Waals surface area contributed by atoms with Gasteiger partial charge in [0.05, 0.1) is 0 Å². The van der Waals surface area contributed by atoms with E-state index in [1.54, 1.807) is 0 Å². The molecule has 0 heterocycles. The van der Waals surface area contributed by atoms with Crippen LogP contribution in [0.1, 0.15) is 52.0 Å². The highest BCUT2D eigenvalue weighted by Crippen LogP contribution is 2.12. The minimum absolute atomic E-state index is 0.0279. The molecule has 3 nitrogen and oxygen atoms in total. The molecule has 0 spiro atoms. The van der Waals surface area contributed by atoms with Crippen LogP contribution in [0.25, 0.3) is 0 Å². The highest BCUT2D eigenvalue weighted by Gasteiger charge is 2.12. The number of unbranched alkanes of at least 4 members (excludes halogenated alkanes) is 2. The number of aryl methyl sites for hydroxylation is 1. The van der Waals surface area contributed by atoms with E-state index in [0.29, 0.717) is 0 Å². The lowest BCUT2D eigenvalue weighted by molar-refractivity contribution is 0.210. The number of carbonyl (C=O) groups excluding carboxylic acids is 1. The Morgan fingerprint density at radius 3 is 2.30 bits per heavy atom. The molecule has 112 valence electrons. The van der Waals surface area contributed by atoms with Crippen LogP contribution in [0.4, 0.5) is 10.5 Å². The minimum Gasteiger partial charge on any atom is -0.325 e. The maximum Gasteiger partial charge on any atom is 0.321 e. The van der Waals surface area contributed by atoms with Crippen LogP contribution in [0.15, 0.2) is 24.3 Å². The van der Waals surface area contributed by atoms with Crippen LogP contribution in [0.5, 0.6) is 0 Å². The fourth-order valence-corrected chi connectivity index (χ4v) is 2.08. The van der Waals surface area contributed by atoms with Crippen molar-refractivity contribution in [1.82, 2.24) is 4.90 Å². The number of amides is 2. The summed E-state index contributed by atoms with van der Waals surface area (Å²) < 4.78 is 0. The van der Waals surface area contributed by atoms with Gasteiger partial charge in [0.15, 0.2) is 0 Å². The molecular weight excluding hydrogens is 248 g/mol. The van der Waals surface area contributed by atoms with E-state index >= 15 is 0 Å². The zero-order chi connectivity index (χ0) is 14.8. The van der Waals surface area contributed by atoms with Crippen molar-refractivity contribution in [2.45, 2.75) is 52.9 Å². The van der Waals surface area contributed by atoms with Crippen molar-refractivity contribution in [3.63, 3.8) is 0 Å². The van der Waals surface area contributed by atoms with Gasteiger partial charge in [0.1, 0.15) is 0 Å². The second-order valence-corrected chi connectivity index (χ2v) is 5.18. The molecule has 1 rings (SSSR count). The smallest absolute Gasteiger partial charge is 0.321 e. The van der Waals surface area contributed by atoms with E-state index in [9.17, 15) is 4.79 Å². The third-order valence-electron chi connectivity index (χ3n) is 3.44. The third kappa shape index (κ3) is 5.64. The molecule has 0 aliphatic carbocycles. The van der Waals surface area contributed by atoms with Crippen molar-refractivity contribution in [1.29, 1.82) is 0 Å². The maximum absolute atomic E-state index is 12.3. The van der Waals surface area contributed by atoms with Crippen molar-refractivity contribution >= 4 is 11.7 Å². The molecule has 0 aliphatic rings. The lowest BCUT2D eigenvalue weighted by Gasteiger charge is -2.23. The van der Waals surface area contributed by atoms with E-state index in [2.05, 4.69) is 38.2 Å². The van der Waals surface area contributed by atoms with Crippen LogP contribution in [-0.2, 0) is 6.42 Å². The molecule has 1 aromatic rings. The van der Waals surface area contributed by atoms with Crippen molar-refractivity contribution in [2.75, 3.05) is 18.4 Å². The summed E-state index contributed by atoms with van der Waals surface area (Å²) in [6.45, 7) is 8.11. The van der Waals surface area contributed by atoms with Gasteiger partial charge < -0.3 is 10.2 Å². The molecule has 2 amide bonds. The third-order valence-corrected chi connectivity index (χ3v) is 3.44. The Balaban J connectivity index is 2.63. The Labute approximate surface area is 123 Å². The average molecular weight is 276 g/mol. The number of nitrogens with zero attached hydrogens (tertiary/aromatic N) is 1. The lowest BCUT2D eigenvalue weighted by atomic mass is 10.1. The number of hydrogen-bond acceptors (Lipinski definition) is 1. The number of carbonyl (C=O) groups is 1. The first-order valence-electron chi connectivity index (χ1n) is 7.86. The van der Waals surface area contributed by atoms with Crippen molar-refractivity contribution in [3.8, 4) is 0 Å². The van der Waals surface area contributed by atoms with Crippen LogP contribution in [0.3, 0.4) is 0 Å². The number of nitrogens with one attached hydrogen (secondary N) is 1. The molecule has 3 heteroatoms. The molecule has 0 saturated heterocycles. The second-order valence-electron chi connectivity index (χ2n) is 5.18. The van der Waals surface area contributed by atoms with E-state index in [-0.39, 0.29) is 6.03 Å². The fraction of sp³-hybridized carbons (Fsp3) is 0.588. The lowest BCUT2D eigenvalue weighted by Crippen LogP contribution is -2.36. The van der Waals surface area contributed by atoms with Crippen LogP contribution in [-0.4, -0.2) is 24.0 Å². The van der Waals surface area contributed by atoms with Crippen molar-refractivity contribution < 1.29 is 4.79 Å². The maximum atomic E-state index is 12.3. The number of rotatable bonds is 8. The topological polar surface area (TPSA) is 32.3 Å². The summed E-state index contributed by atoms with van der Waals surface area (Å²) in [6.07, 6.45) is 5.33. The normalized spacial score (nSPS) is 10.3. The van der Waals surface area contributed by atoms with E-state index in [4.69, 9.17) is 0 Å². The number of hydrogen-bond donors (Lipinski definition) is 1. The van der Waals surface area contributed by atoms with E-state index in [1.807, 2.05) is 17.0 Å². The Hall–Kier alpha value is -1.51. The zero-order valence-corrected chi connectivity index (χ0v) is 13.1. The van der Waals surface area contributed by atoms with Gasteiger partial charge in [-0.2, -0.15) is 0 Å². The molecule has 0 radical (unpaired) electrons. The molecule has 0 atom stereocenters. The van der Waals surface area contributed by atoms with Gasteiger partial charge in [-0.1, -0.05) is 45.7 Å². The summed E-state index contributed by atoms with van der Waals surface area (Å²) in [5.41, 5.74) is 2.14. The molecule has 1 N–H and O–H groups in total. The number of benzene rings is 1. The predicted molar refractivity (Wildman–Crippen MR) is 86.2 cm³/mol. The van der Waals surface area contributed by atoms with E-state index in [0.717, 1.165) is 50.9 Å². The largest absolute Gasteiger partial charge is 0.325 e. The molecule has 0 aliphatic heterocycles. The standard InChI is InChI=1S/C17H28N2O/c1-4-7-12-19(13-8-5-2)17(20)18-16-11-9-10-15(6-3)14-16/h9-11,14H,4-8,12-13H2,1-3H3,(H,18,20). The zero-order valence-electron chi connectivity index (χ0n) is 13.1. The Kier molecular flexibility index (Phi) is 7.78. The average Bonchev–Trinajstić information content (AvgIpc) is 2.47. The fourth-order valence-electron chi connectivity index (χ4n) is 2.08. The van der Waals surface area contributed by atoms with Gasteiger partial charge in [-0.25, -0.2) is 4.79 Å². The van der Waals surface area contributed by atoms with Gasteiger partial charge in [0.25, 0.3) is 0 Å². The van der Waals surface area contributed by atoms with Crippen LogP contribution in [0.2, 0.25) is 0 Å². The molecule has 1 aromatic carbocycles. The summed E-state index contributed by atoms with van der Waals surface area (Å²) in [5, 5.41) is 3.02. The Morgan fingerprint density at radius 1 is 1.10 bits per heavy atom. The van der Waals surface area contributed by atoms with Crippen LogP contribution in [0, 0.1) is 0 Å². The predicted octanol–water partition coefficient (Wildman–Crippen LogP) is 4.68.